The minimum atomic E-state index is -0.653. The van der Waals surface area contributed by atoms with E-state index in [4.69, 9.17) is 14.2 Å². The van der Waals surface area contributed by atoms with Crippen LogP contribution in [0.3, 0.4) is 0 Å². The van der Waals surface area contributed by atoms with Crippen molar-refractivity contribution in [3.8, 4) is 0 Å². The van der Waals surface area contributed by atoms with Crippen LogP contribution in [0, 0.1) is 5.92 Å². The van der Waals surface area contributed by atoms with Crippen LogP contribution in [0.2, 0.25) is 0 Å². The van der Waals surface area contributed by atoms with E-state index < -0.39 is 17.9 Å². The second-order valence-electron chi connectivity index (χ2n) is 8.73. The Balaban J connectivity index is 4.63. The van der Waals surface area contributed by atoms with Gasteiger partial charge >= 0.3 is 17.9 Å². The lowest BCUT2D eigenvalue weighted by Gasteiger charge is -2.10. The maximum atomic E-state index is 12.5. The van der Waals surface area contributed by atoms with Crippen LogP contribution >= 0.6 is 0 Å². The van der Waals surface area contributed by atoms with Gasteiger partial charge in [-0.15, -0.1) is 0 Å². The molecule has 0 aromatic heterocycles. The van der Waals surface area contributed by atoms with Gasteiger partial charge in [0.2, 0.25) is 0 Å². The highest BCUT2D eigenvalue weighted by Crippen LogP contribution is 2.11. The molecule has 0 N–H and O–H groups in total. The molecule has 0 aromatic carbocycles. The number of carbonyl (C=O) groups is 3. The van der Waals surface area contributed by atoms with E-state index in [-0.39, 0.29) is 18.6 Å². The van der Waals surface area contributed by atoms with E-state index in [0.29, 0.717) is 19.1 Å². The van der Waals surface area contributed by atoms with E-state index in [1.165, 1.54) is 0 Å². The molecule has 32 heavy (non-hydrogen) atoms. The molecule has 6 heteroatoms. The minimum absolute atomic E-state index is 0.00991. The van der Waals surface area contributed by atoms with Gasteiger partial charge in [0, 0.05) is 6.08 Å². The van der Waals surface area contributed by atoms with Crippen LogP contribution in [0.1, 0.15) is 111 Å². The van der Waals surface area contributed by atoms with E-state index in [1.807, 2.05) is 0 Å². The maximum Gasteiger partial charge on any atom is 0.334 e. The van der Waals surface area contributed by atoms with Gasteiger partial charge < -0.3 is 14.2 Å². The molecule has 0 aliphatic heterocycles. The van der Waals surface area contributed by atoms with Crippen LogP contribution in [0.4, 0.5) is 0 Å². The molecule has 0 saturated carbocycles. The first-order valence-electron chi connectivity index (χ1n) is 12.6. The average molecular weight is 455 g/mol. The van der Waals surface area contributed by atoms with Crippen molar-refractivity contribution in [2.75, 3.05) is 19.8 Å². The summed E-state index contributed by atoms with van der Waals surface area (Å²) in [5, 5.41) is 0. The number of hydrogen-bond donors (Lipinski definition) is 0. The Morgan fingerprint density at radius 3 is 1.78 bits per heavy atom. The summed E-state index contributed by atoms with van der Waals surface area (Å²) in [7, 11) is 0. The Bertz CT molecular complexity index is 538. The Morgan fingerprint density at radius 1 is 0.688 bits per heavy atom. The van der Waals surface area contributed by atoms with Crippen molar-refractivity contribution < 1.29 is 28.6 Å². The lowest BCUT2D eigenvalue weighted by Crippen LogP contribution is -2.17. The van der Waals surface area contributed by atoms with E-state index in [9.17, 15) is 14.4 Å². The quantitative estimate of drug-likeness (QED) is 0.0928. The number of hydrogen-bond acceptors (Lipinski definition) is 6. The van der Waals surface area contributed by atoms with Gasteiger partial charge in [-0.2, -0.15) is 0 Å². The van der Waals surface area contributed by atoms with Crippen LogP contribution in [0.25, 0.3) is 0 Å². The van der Waals surface area contributed by atoms with E-state index >= 15 is 0 Å². The van der Waals surface area contributed by atoms with Crippen molar-refractivity contribution in [2.45, 2.75) is 111 Å². The number of rotatable bonds is 20. The summed E-state index contributed by atoms with van der Waals surface area (Å²) in [6.45, 7) is 9.48. The zero-order valence-electron chi connectivity index (χ0n) is 20.9. The Labute approximate surface area is 195 Å². The monoisotopic (exact) mass is 454 g/mol. The summed E-state index contributed by atoms with van der Waals surface area (Å²) < 4.78 is 15.7. The number of esters is 3. The number of carbonyl (C=O) groups excluding carboxylic acids is 3. The zero-order chi connectivity index (χ0) is 24.0. The second-order valence-corrected chi connectivity index (χ2v) is 8.73. The van der Waals surface area contributed by atoms with Gasteiger partial charge in [0.25, 0.3) is 0 Å². The number of ether oxygens (including phenoxy) is 3. The lowest BCUT2D eigenvalue weighted by atomic mass is 10.1. The van der Waals surface area contributed by atoms with Crippen molar-refractivity contribution in [3.63, 3.8) is 0 Å². The number of unbranched alkanes of at least 4 members (excludes halogenated alkanes) is 8. The Kier molecular flexibility index (Phi) is 19.8. The fourth-order valence-electron chi connectivity index (χ4n) is 3.08. The fourth-order valence-corrected chi connectivity index (χ4v) is 3.08. The summed E-state index contributed by atoms with van der Waals surface area (Å²) in [6.07, 6.45) is 12.7. The maximum absolute atomic E-state index is 12.5. The SMILES string of the molecule is CCCCCCOC(=O)C=C(CC(=O)OCCCCCC)C(=O)OCCCCCC(C)C. The molecule has 0 radical (unpaired) electrons. The minimum Gasteiger partial charge on any atom is -0.465 e. The topological polar surface area (TPSA) is 78.9 Å². The third-order valence-corrected chi connectivity index (χ3v) is 5.05. The summed E-state index contributed by atoms with van der Waals surface area (Å²) >= 11 is 0. The molecular formula is C26H46O6. The molecular weight excluding hydrogens is 408 g/mol. The summed E-state index contributed by atoms with van der Waals surface area (Å²) in [4.78, 5) is 36.8. The van der Waals surface area contributed by atoms with Gasteiger partial charge in [-0.25, -0.2) is 9.59 Å². The molecule has 6 nitrogen and oxygen atoms in total. The molecule has 0 spiro atoms. The Hall–Kier alpha value is -1.85. The van der Waals surface area contributed by atoms with Crippen LogP contribution in [-0.4, -0.2) is 37.7 Å². The first kappa shape index (κ1) is 30.1. The molecule has 0 bridgehead atoms. The van der Waals surface area contributed by atoms with E-state index in [0.717, 1.165) is 83.1 Å². The molecule has 0 aliphatic carbocycles. The van der Waals surface area contributed by atoms with Crippen LogP contribution in [0.15, 0.2) is 11.6 Å². The lowest BCUT2D eigenvalue weighted by molar-refractivity contribution is -0.146. The first-order chi connectivity index (χ1) is 15.4. The van der Waals surface area contributed by atoms with Crippen molar-refractivity contribution >= 4 is 17.9 Å². The summed E-state index contributed by atoms with van der Waals surface area (Å²) in [6, 6.07) is 0. The average Bonchev–Trinajstić information content (AvgIpc) is 2.75. The smallest absolute Gasteiger partial charge is 0.334 e. The molecule has 0 amide bonds. The van der Waals surface area contributed by atoms with Crippen molar-refractivity contribution in [1.82, 2.24) is 0 Å². The van der Waals surface area contributed by atoms with Gasteiger partial charge in [-0.05, 0) is 25.2 Å². The predicted octanol–water partition coefficient (Wildman–Crippen LogP) is 6.31. The van der Waals surface area contributed by atoms with Crippen LogP contribution in [-0.2, 0) is 28.6 Å². The third kappa shape index (κ3) is 18.9. The largest absolute Gasteiger partial charge is 0.465 e. The molecule has 0 aromatic rings. The first-order valence-corrected chi connectivity index (χ1v) is 12.6. The standard InChI is InChI=1S/C26H46O6/c1-5-7-9-13-17-30-24(27)20-23(21-25(28)31-18-14-10-8-6-2)26(29)32-19-15-11-12-16-22(3)4/h20,22H,5-19,21H2,1-4H3. The van der Waals surface area contributed by atoms with Gasteiger partial charge in [-0.3, -0.25) is 4.79 Å². The summed E-state index contributed by atoms with van der Waals surface area (Å²) in [5.41, 5.74) is -0.00991. The molecule has 0 rings (SSSR count). The van der Waals surface area contributed by atoms with Crippen LogP contribution in [0.5, 0.6) is 0 Å². The fraction of sp³-hybridized carbons (Fsp3) is 0.808. The van der Waals surface area contributed by atoms with Crippen molar-refractivity contribution in [3.05, 3.63) is 11.6 Å². The van der Waals surface area contributed by atoms with Gasteiger partial charge in [-0.1, -0.05) is 85.5 Å². The highest BCUT2D eigenvalue weighted by atomic mass is 16.5. The van der Waals surface area contributed by atoms with Crippen molar-refractivity contribution in [2.24, 2.45) is 5.92 Å². The third-order valence-electron chi connectivity index (χ3n) is 5.05. The second kappa shape index (κ2) is 21.0. The molecule has 186 valence electrons. The predicted molar refractivity (Wildman–Crippen MR) is 127 cm³/mol. The summed E-state index contributed by atoms with van der Waals surface area (Å²) in [5.74, 6) is -1.15. The molecule has 0 atom stereocenters. The van der Waals surface area contributed by atoms with Gasteiger partial charge in [0.05, 0.1) is 31.8 Å². The van der Waals surface area contributed by atoms with Crippen LogP contribution < -0.4 is 0 Å². The molecule has 0 unspecified atom stereocenters. The van der Waals surface area contributed by atoms with Crippen molar-refractivity contribution in [1.29, 1.82) is 0 Å². The molecule has 0 fully saturated rings. The normalized spacial score (nSPS) is 11.5. The molecule has 0 saturated heterocycles. The zero-order valence-corrected chi connectivity index (χ0v) is 20.9. The van der Waals surface area contributed by atoms with E-state index in [2.05, 4.69) is 27.7 Å². The Morgan fingerprint density at radius 2 is 1.22 bits per heavy atom. The molecule has 0 heterocycles. The van der Waals surface area contributed by atoms with E-state index in [1.54, 1.807) is 0 Å². The molecule has 0 aliphatic rings. The highest BCUT2D eigenvalue weighted by Gasteiger charge is 2.19. The highest BCUT2D eigenvalue weighted by molar-refractivity contribution is 5.99. The van der Waals surface area contributed by atoms with Gasteiger partial charge in [0.15, 0.2) is 0 Å². The van der Waals surface area contributed by atoms with Gasteiger partial charge in [0.1, 0.15) is 0 Å².